The molecule has 6 heteroatoms. The Morgan fingerprint density at radius 1 is 0.971 bits per heavy atom. The van der Waals surface area contributed by atoms with Crippen molar-refractivity contribution >= 4 is 5.91 Å². The van der Waals surface area contributed by atoms with Crippen LogP contribution in [0.5, 0.6) is 5.75 Å². The van der Waals surface area contributed by atoms with Crippen LogP contribution >= 0.6 is 0 Å². The fraction of sp³-hybridized carbons (Fsp3) is 0.250. The van der Waals surface area contributed by atoms with E-state index in [4.69, 9.17) is 9.84 Å². The van der Waals surface area contributed by atoms with Crippen LogP contribution < -0.4 is 10.1 Å². The normalized spacial score (nSPS) is 17.2. The van der Waals surface area contributed by atoms with Crippen molar-refractivity contribution in [1.82, 2.24) is 20.1 Å². The van der Waals surface area contributed by atoms with Gasteiger partial charge in [0.05, 0.1) is 6.54 Å². The van der Waals surface area contributed by atoms with E-state index in [2.05, 4.69) is 34.6 Å². The Morgan fingerprint density at radius 2 is 1.71 bits per heavy atom. The van der Waals surface area contributed by atoms with E-state index < -0.39 is 0 Å². The minimum atomic E-state index is -0.100. The number of amides is 1. The van der Waals surface area contributed by atoms with Crippen molar-refractivity contribution in [1.29, 1.82) is 0 Å². The molecular formula is C28H26N4O2. The number of pyridine rings is 1. The largest absolute Gasteiger partial charge is 0.489 e. The molecular weight excluding hydrogens is 424 g/mol. The van der Waals surface area contributed by atoms with Crippen molar-refractivity contribution < 1.29 is 9.53 Å². The topological polar surface area (TPSA) is 69.0 Å². The summed E-state index contributed by atoms with van der Waals surface area (Å²) in [4.78, 5) is 17.0. The van der Waals surface area contributed by atoms with Crippen molar-refractivity contribution in [2.24, 2.45) is 0 Å². The molecule has 1 N–H and O–H groups in total. The van der Waals surface area contributed by atoms with E-state index in [0.717, 1.165) is 39.6 Å². The number of benzene rings is 2. The first kappa shape index (κ1) is 20.7. The molecule has 4 aromatic rings. The van der Waals surface area contributed by atoms with E-state index >= 15 is 0 Å². The van der Waals surface area contributed by atoms with Crippen LogP contribution in [0.25, 0.3) is 22.4 Å². The Hall–Kier alpha value is -3.93. The molecule has 2 aliphatic rings. The second-order valence-corrected chi connectivity index (χ2v) is 9.19. The first-order chi connectivity index (χ1) is 16.7. The third-order valence-corrected chi connectivity index (χ3v) is 6.52. The minimum absolute atomic E-state index is 0.0344. The Morgan fingerprint density at radius 3 is 2.41 bits per heavy atom. The number of aromatic nitrogens is 3. The van der Waals surface area contributed by atoms with Gasteiger partial charge >= 0.3 is 0 Å². The van der Waals surface area contributed by atoms with Gasteiger partial charge in [-0.25, -0.2) is 0 Å². The summed E-state index contributed by atoms with van der Waals surface area (Å²) in [6, 6.07) is 20.5. The summed E-state index contributed by atoms with van der Waals surface area (Å²) in [7, 11) is 0. The average Bonchev–Trinajstić information content (AvgIpc) is 3.64. The predicted molar refractivity (Wildman–Crippen MR) is 131 cm³/mol. The summed E-state index contributed by atoms with van der Waals surface area (Å²) in [6.07, 6.45) is 6.11. The molecule has 0 bridgehead atoms. The number of rotatable bonds is 6. The van der Waals surface area contributed by atoms with Crippen molar-refractivity contribution in [3.8, 4) is 28.1 Å². The van der Waals surface area contributed by atoms with Crippen molar-refractivity contribution in [2.45, 2.75) is 44.9 Å². The third kappa shape index (κ3) is 3.96. The first-order valence-electron chi connectivity index (χ1n) is 11.8. The van der Waals surface area contributed by atoms with Gasteiger partial charge in [0.15, 0.2) is 0 Å². The zero-order valence-electron chi connectivity index (χ0n) is 19.1. The van der Waals surface area contributed by atoms with E-state index in [9.17, 15) is 4.79 Å². The molecule has 1 saturated carbocycles. The number of ether oxygens (including phenoxy) is 1. The van der Waals surface area contributed by atoms with Crippen LogP contribution in [0, 0.1) is 0 Å². The summed E-state index contributed by atoms with van der Waals surface area (Å²) in [6.45, 7) is 3.15. The molecule has 6 nitrogen and oxygen atoms in total. The van der Waals surface area contributed by atoms with Crippen LogP contribution in [0.3, 0.4) is 0 Å². The summed E-state index contributed by atoms with van der Waals surface area (Å²) < 4.78 is 7.86. The van der Waals surface area contributed by atoms with Gasteiger partial charge in [-0.15, -0.1) is 0 Å². The van der Waals surface area contributed by atoms with Crippen molar-refractivity contribution in [2.75, 3.05) is 0 Å². The third-order valence-electron chi connectivity index (χ3n) is 6.52. The Bertz CT molecular complexity index is 1320. The Labute approximate surface area is 198 Å². The number of carbonyl (C=O) groups excluding carboxylic acids is 1. The number of fused-ring (bicyclic) bond motifs is 1. The lowest BCUT2D eigenvalue weighted by Gasteiger charge is -2.21. The van der Waals surface area contributed by atoms with Crippen LogP contribution in [0.4, 0.5) is 0 Å². The molecule has 1 aliphatic carbocycles. The van der Waals surface area contributed by atoms with Gasteiger partial charge in [-0.05, 0) is 66.6 Å². The van der Waals surface area contributed by atoms with Crippen molar-refractivity contribution in [3.05, 3.63) is 89.9 Å². The molecule has 1 amide bonds. The van der Waals surface area contributed by atoms with Gasteiger partial charge in [0.2, 0.25) is 0 Å². The quantitative estimate of drug-likeness (QED) is 0.438. The maximum Gasteiger partial charge on any atom is 0.270 e. The highest BCUT2D eigenvalue weighted by Gasteiger charge is 2.30. The lowest BCUT2D eigenvalue weighted by molar-refractivity contribution is 0.0902. The fourth-order valence-corrected chi connectivity index (χ4v) is 4.59. The molecule has 34 heavy (non-hydrogen) atoms. The predicted octanol–water partition coefficient (Wildman–Crippen LogP) is 5.20. The molecule has 1 aliphatic heterocycles. The zero-order valence-corrected chi connectivity index (χ0v) is 19.1. The zero-order chi connectivity index (χ0) is 23.1. The van der Waals surface area contributed by atoms with Gasteiger partial charge in [0, 0.05) is 29.6 Å². The lowest BCUT2D eigenvalue weighted by Crippen LogP contribution is -2.42. The standard InChI is InChI=1S/C28H26N4O2/c1-18-16-32-27(28(33)30-18)25(26(31-32)23-12-14-29-15-13-23)22-8-10-24(11-9-22)34-17-19-2-4-20(5-3-19)21-6-7-21/h2-5,8-15,18,21H,6-7,16-17H2,1H3,(H,30,33). The van der Waals surface area contributed by atoms with Crippen molar-refractivity contribution in [3.63, 3.8) is 0 Å². The van der Waals surface area contributed by atoms with Gasteiger partial charge in [0.1, 0.15) is 23.7 Å². The van der Waals surface area contributed by atoms with E-state index in [1.165, 1.54) is 18.4 Å². The van der Waals surface area contributed by atoms with Gasteiger partial charge in [-0.3, -0.25) is 14.5 Å². The summed E-state index contributed by atoms with van der Waals surface area (Å²) in [5.74, 6) is 1.45. The highest BCUT2D eigenvalue weighted by molar-refractivity contribution is 6.03. The van der Waals surface area contributed by atoms with Crippen LogP contribution in [0.2, 0.25) is 0 Å². The van der Waals surface area contributed by atoms with E-state index in [1.807, 2.05) is 48.0 Å². The monoisotopic (exact) mass is 450 g/mol. The summed E-state index contributed by atoms with van der Waals surface area (Å²) in [5.41, 5.74) is 6.66. The molecule has 2 aromatic carbocycles. The molecule has 1 fully saturated rings. The van der Waals surface area contributed by atoms with Crippen LogP contribution in [0.15, 0.2) is 73.1 Å². The van der Waals surface area contributed by atoms with Gasteiger partial charge in [-0.2, -0.15) is 5.10 Å². The van der Waals surface area contributed by atoms with Gasteiger partial charge in [-0.1, -0.05) is 36.4 Å². The lowest BCUT2D eigenvalue weighted by atomic mass is 9.98. The number of hydrogen-bond acceptors (Lipinski definition) is 4. The second-order valence-electron chi connectivity index (χ2n) is 9.19. The molecule has 2 aromatic heterocycles. The summed E-state index contributed by atoms with van der Waals surface area (Å²) >= 11 is 0. The average molecular weight is 451 g/mol. The summed E-state index contributed by atoms with van der Waals surface area (Å²) in [5, 5.41) is 7.86. The molecule has 3 heterocycles. The highest BCUT2D eigenvalue weighted by atomic mass is 16.5. The number of nitrogens with one attached hydrogen (secondary N) is 1. The SMILES string of the molecule is CC1Cn2nc(-c3ccncc3)c(-c3ccc(OCc4ccc(C5CC5)cc4)cc3)c2C(=O)N1. The van der Waals surface area contributed by atoms with E-state index in [1.54, 1.807) is 12.4 Å². The molecule has 0 saturated heterocycles. The maximum atomic E-state index is 12.9. The highest BCUT2D eigenvalue weighted by Crippen LogP contribution is 2.40. The van der Waals surface area contributed by atoms with Crippen LogP contribution in [-0.4, -0.2) is 26.7 Å². The van der Waals surface area contributed by atoms with Crippen LogP contribution in [0.1, 0.15) is 47.3 Å². The Kier molecular flexibility index (Phi) is 5.13. The minimum Gasteiger partial charge on any atom is -0.489 e. The van der Waals surface area contributed by atoms with Crippen LogP contribution in [-0.2, 0) is 13.2 Å². The molecule has 1 atom stereocenters. The molecule has 1 unspecified atom stereocenters. The number of hydrogen-bond donors (Lipinski definition) is 1. The smallest absolute Gasteiger partial charge is 0.270 e. The fourth-order valence-electron chi connectivity index (χ4n) is 4.59. The second kappa shape index (κ2) is 8.45. The van der Waals surface area contributed by atoms with E-state index in [-0.39, 0.29) is 11.9 Å². The maximum absolute atomic E-state index is 12.9. The molecule has 6 rings (SSSR count). The molecule has 170 valence electrons. The van der Waals surface area contributed by atoms with E-state index in [0.29, 0.717) is 18.8 Å². The Balaban J connectivity index is 1.28. The number of nitrogens with zero attached hydrogens (tertiary/aromatic N) is 3. The molecule has 0 radical (unpaired) electrons. The number of carbonyl (C=O) groups is 1. The molecule has 0 spiro atoms. The van der Waals surface area contributed by atoms with Gasteiger partial charge < -0.3 is 10.1 Å². The first-order valence-corrected chi connectivity index (χ1v) is 11.8. The van der Waals surface area contributed by atoms with Gasteiger partial charge in [0.25, 0.3) is 5.91 Å².